The van der Waals surface area contributed by atoms with Gasteiger partial charge in [0, 0.05) is 87.6 Å². The molecule has 0 atom stereocenters. The average Bonchev–Trinajstić information content (AvgIpc) is 1.58. The molecule has 0 fully saturated rings. The lowest BCUT2D eigenvalue weighted by molar-refractivity contribution is -0.635. The Bertz CT molecular complexity index is 6860. The number of fused-ring (bicyclic) bond motifs is 40. The molecule has 104 heavy (non-hydrogen) atoms. The summed E-state index contributed by atoms with van der Waals surface area (Å²) < 4.78 is 188. The van der Waals surface area contributed by atoms with Crippen molar-refractivity contribution in [1.82, 2.24) is 79.7 Å². The van der Waals surface area contributed by atoms with Crippen LogP contribution in [0.15, 0.2) is 151 Å². The fourth-order valence-electron chi connectivity index (χ4n) is 12.3. The first kappa shape index (κ1) is 65.8. The van der Waals surface area contributed by atoms with Crippen LogP contribution in [0.25, 0.3) is 179 Å². The van der Waals surface area contributed by atoms with Crippen molar-refractivity contribution in [2.75, 3.05) is 0 Å². The molecule has 0 amide bonds. The number of nitrogens with zero attached hydrogens (tertiary/aromatic N) is 12. The van der Waals surface area contributed by atoms with Crippen molar-refractivity contribution in [2.45, 2.75) is 29.4 Å². The van der Waals surface area contributed by atoms with Crippen LogP contribution in [0.2, 0.25) is 0 Å². The minimum atomic E-state index is -4.52. The summed E-state index contributed by atoms with van der Waals surface area (Å²) in [5.41, 5.74) is 1.11. The quantitative estimate of drug-likeness (QED) is 0.0671. The van der Waals surface area contributed by atoms with Gasteiger partial charge in [-0.25, -0.2) is 59.8 Å². The van der Waals surface area contributed by atoms with E-state index < -0.39 is 60.7 Å². The van der Waals surface area contributed by atoms with Crippen LogP contribution >= 0.6 is 0 Å². The van der Waals surface area contributed by atoms with Crippen molar-refractivity contribution >= 4 is 149 Å². The highest BCUT2D eigenvalue weighted by atomic mass is 32.2. The van der Waals surface area contributed by atoms with Crippen molar-refractivity contribution in [1.29, 1.82) is 0 Å². The van der Waals surface area contributed by atoms with Crippen molar-refractivity contribution in [2.24, 2.45) is 0 Å². The molecule has 0 saturated heterocycles. The smallest absolute Gasteiger partial charge is 0.324 e. The Morgan fingerprint density at radius 3 is 0.587 bits per heavy atom. The van der Waals surface area contributed by atoms with E-state index >= 15 is 0 Å². The molecule has 0 aliphatic carbocycles. The molecule has 22 N–H and O–H groups in total. The number of H-pyrrole nitrogens is 4. The molecule has 4 aliphatic rings. The van der Waals surface area contributed by atoms with Gasteiger partial charge in [0.2, 0.25) is 0 Å². The summed E-state index contributed by atoms with van der Waals surface area (Å²) in [7, 11) is -26.9. The van der Waals surface area contributed by atoms with Gasteiger partial charge >= 0.3 is 60.7 Å². The highest BCUT2D eigenvalue weighted by molar-refractivity contribution is 7.88. The maximum absolute atomic E-state index is 13.4. The maximum atomic E-state index is 13.4. The van der Waals surface area contributed by atoms with E-state index in [1.165, 1.54) is 109 Å². The summed E-state index contributed by atoms with van der Waals surface area (Å²) in [4.78, 5) is 70.1. The first-order chi connectivity index (χ1) is 49.6. The molecular weight excluding hydrogens is 1490 g/mol. The van der Waals surface area contributed by atoms with E-state index in [0.29, 0.717) is 0 Å². The number of hydrogen-bond acceptors (Lipinski definition) is 30. The molecule has 10 heterocycles. The van der Waals surface area contributed by atoms with Crippen LogP contribution in [0.1, 0.15) is 0 Å². The van der Waals surface area contributed by atoms with Gasteiger partial charge in [-0.3, -0.25) is 0 Å². The van der Waals surface area contributed by atoms with Crippen LogP contribution in [0.3, 0.4) is 0 Å². The Morgan fingerprint density at radius 2 is 0.375 bits per heavy atom. The van der Waals surface area contributed by atoms with Crippen molar-refractivity contribution in [3.63, 3.8) is 0 Å². The van der Waals surface area contributed by atoms with Gasteiger partial charge in [-0.05, 0) is 121 Å². The Kier molecular flexibility index (Phi) is 14.5. The van der Waals surface area contributed by atoms with E-state index in [-0.39, 0.29) is 209 Å². The van der Waals surface area contributed by atoms with Crippen LogP contribution in [0.4, 0.5) is 0 Å². The second-order valence-electron chi connectivity index (χ2n) is 22.8. The maximum Gasteiger partial charge on any atom is 0.342 e. The van der Waals surface area contributed by atoms with Gasteiger partial charge in [0.1, 0.15) is 45.2 Å². The lowest BCUT2D eigenvalue weighted by Gasteiger charge is -2.04. The molecule has 6 aromatic heterocycles. The zero-order valence-electron chi connectivity index (χ0n) is 52.0. The second kappa shape index (κ2) is 23.0. The van der Waals surface area contributed by atoms with E-state index in [4.69, 9.17) is 59.8 Å². The van der Waals surface area contributed by atoms with Crippen molar-refractivity contribution in [3.05, 3.63) is 121 Å². The van der Waals surface area contributed by atoms with Gasteiger partial charge in [0.25, 0.3) is 0 Å². The number of quaternary nitrogens is 6. The van der Waals surface area contributed by atoms with Gasteiger partial charge < -0.3 is 19.9 Å². The fraction of sp³-hybridized carbons (Fsp3) is 0. The van der Waals surface area contributed by atoms with E-state index in [1.807, 2.05) is 0 Å². The summed E-state index contributed by atoms with van der Waals surface area (Å²) in [5.74, 6) is 17.8. The zero-order valence-corrected chi connectivity index (χ0v) is 56.9. The van der Waals surface area contributed by atoms with Crippen LogP contribution in [-0.4, -0.2) is 130 Å². The minimum absolute atomic E-state index is 0.00875. The van der Waals surface area contributed by atoms with Gasteiger partial charge in [0.15, 0.2) is 46.6 Å². The molecule has 16 bridgehead atoms. The van der Waals surface area contributed by atoms with Crippen LogP contribution in [0, 0.1) is 0 Å². The van der Waals surface area contributed by atoms with Crippen LogP contribution in [-0.2, 0) is 86.4 Å². The van der Waals surface area contributed by atoms with Gasteiger partial charge in [-0.15, -0.1) is 0 Å². The Labute approximate surface area is 578 Å². The SMILES string of the molecule is [NH3+]OS(=O)(=O)c1ccc2c(c1)-c1nc-2nc2[nH]c(nc3nc(nc4[nH]c(n1)c1ccc(S(=O)(=O)O[NH3+])cc41)-c1cc4c(cc1-3)-c1nc-4nc3[nH]c(nc4nc(nc5[nH]c(n1)c1ccc(S(=O)(=O)O[NH3+])cc51)-c1ccc(S(=O)(=O)O[NH3+])cc1-4)c1ccc(S(=O)(=O)O[NH3+])cc31)c1ccc(S(=O)(=O)O[NH3+])cc21. The van der Waals surface area contributed by atoms with E-state index in [0.717, 1.165) is 0 Å². The summed E-state index contributed by atoms with van der Waals surface area (Å²) in [5, 5.41) is 1.38. The number of aromatic nitrogens is 16. The third kappa shape index (κ3) is 10.4. The first-order valence-electron chi connectivity index (χ1n) is 29.4. The monoisotopic (exact) mass is 1530 g/mol. The summed E-state index contributed by atoms with van der Waals surface area (Å²) in [6.07, 6.45) is 0. The summed E-state index contributed by atoms with van der Waals surface area (Å²) >= 11 is 0. The van der Waals surface area contributed by atoms with E-state index in [9.17, 15) is 50.5 Å². The predicted octanol–water partition coefficient (Wildman–Crippen LogP) is -0.775. The number of benzene rings is 7. The highest BCUT2D eigenvalue weighted by Gasteiger charge is 2.33. The molecule has 46 heteroatoms. The number of aromatic amines is 4. The molecule has 13 aromatic rings. The molecule has 40 nitrogen and oxygen atoms in total. The Hall–Kier alpha value is -11.5. The van der Waals surface area contributed by atoms with Gasteiger partial charge in [-0.1, -0.05) is 25.7 Å². The molecule has 7 aromatic carbocycles. The first-order valence-corrected chi connectivity index (χ1v) is 37.9. The zero-order chi connectivity index (χ0) is 72.6. The molecule has 0 unspecified atom stereocenters. The number of nitrogens with one attached hydrogen (secondary N) is 4. The largest absolute Gasteiger partial charge is 0.342 e. The molecule has 522 valence electrons. The molecular formula is C58H42N22O18S6+6. The summed E-state index contributed by atoms with van der Waals surface area (Å²) in [6, 6.07) is 26.4. The lowest BCUT2D eigenvalue weighted by Crippen LogP contribution is -2.51. The highest BCUT2D eigenvalue weighted by Crippen LogP contribution is 2.46. The predicted molar refractivity (Wildman–Crippen MR) is 353 cm³/mol. The van der Waals surface area contributed by atoms with Crippen molar-refractivity contribution < 1.29 is 112 Å². The molecule has 0 radical (unpaired) electrons. The second-order valence-corrected chi connectivity index (χ2v) is 32.5. The van der Waals surface area contributed by atoms with Crippen LogP contribution in [0.5, 0.6) is 0 Å². The third-order valence-electron chi connectivity index (χ3n) is 17.3. The standard InChI is InChI=1S/C58H42N22O18S6/c59-93-99(81,82)21-1-7-27-33(13-21)49-65-43(27)67-51-35-15-23(101(85,86)95-61)3-9-29(35)47(71-51)75-55-39-19-40-42(20-41(39)57(79-55)77-53-37-17-25(103(89,90)97-63)5-11-31(37)45(69-49)73-53)58-78-54-38-18-26(104(91,92)98-64)6-12-32(38)46(74-54)70-50-34-14-22(100(83,84)94-60)2-8-28(34)44(66-50)68-52-36-16-24(102(87,88)96-62)4-10-30(36)48(72-52)76-56(40)80-58/h1-20H,59-64H3,(H2,65,67,69,71,73,75,77,79)(H2,66,68,70,72,74,76,78,80)/q+6. The minimum Gasteiger partial charge on any atom is -0.324 e. The number of hydrogen-bond donors (Lipinski definition) is 10. The molecule has 0 spiro atoms. The normalized spacial score (nSPS) is 13.2. The lowest BCUT2D eigenvalue weighted by atomic mass is 9.99. The molecule has 4 aliphatic heterocycles. The molecule has 0 saturated carbocycles. The van der Waals surface area contributed by atoms with E-state index in [1.54, 1.807) is 12.1 Å². The Morgan fingerprint density at radius 1 is 0.202 bits per heavy atom. The average molecular weight is 1530 g/mol. The third-order valence-corrected chi connectivity index (χ3v) is 24.1. The summed E-state index contributed by atoms with van der Waals surface area (Å²) in [6.45, 7) is 0. The van der Waals surface area contributed by atoms with E-state index in [2.05, 4.69) is 81.0 Å². The topological polar surface area (TPSA) is 644 Å². The number of rotatable bonds is 12. The Balaban J connectivity index is 1.01. The van der Waals surface area contributed by atoms with Crippen LogP contribution < -0.4 is 35.4 Å². The molecule has 17 rings (SSSR count). The van der Waals surface area contributed by atoms with Crippen molar-refractivity contribution in [3.8, 4) is 91.1 Å². The van der Waals surface area contributed by atoms with Gasteiger partial charge in [0.05, 0.1) is 29.4 Å². The van der Waals surface area contributed by atoms with Gasteiger partial charge in [-0.2, -0.15) is 85.9 Å². The fourth-order valence-corrected chi connectivity index (χ4v) is 16.1.